The normalized spacial score (nSPS) is 10.8. The van der Waals surface area contributed by atoms with Crippen LogP contribution in [0.2, 0.25) is 0 Å². The first-order valence-electron chi connectivity index (χ1n) is 10.9. The van der Waals surface area contributed by atoms with Gasteiger partial charge >= 0.3 is 0 Å². The van der Waals surface area contributed by atoms with Crippen LogP contribution in [0.15, 0.2) is 76.4 Å². The molecule has 0 atom stereocenters. The van der Waals surface area contributed by atoms with Gasteiger partial charge in [-0.15, -0.1) is 10.2 Å². The Bertz CT molecular complexity index is 1410. The van der Waals surface area contributed by atoms with Gasteiger partial charge in [-0.2, -0.15) is 0 Å². The van der Waals surface area contributed by atoms with Crippen molar-refractivity contribution in [3.8, 4) is 11.4 Å². The number of rotatable bonds is 9. The highest BCUT2D eigenvalue weighted by molar-refractivity contribution is 9.10. The molecule has 0 saturated carbocycles. The molecule has 0 spiro atoms. The minimum Gasteiger partial charge on any atom is -0.495 e. The molecular formula is C25H22BrN5O4S. The topological polar surface area (TPSA) is 112 Å². The number of hydrogen-bond donors (Lipinski definition) is 1. The lowest BCUT2D eigenvalue weighted by molar-refractivity contribution is -0.385. The van der Waals surface area contributed by atoms with E-state index in [1.165, 1.54) is 17.8 Å². The number of halogens is 1. The Morgan fingerprint density at radius 3 is 2.61 bits per heavy atom. The molecule has 1 heterocycles. The summed E-state index contributed by atoms with van der Waals surface area (Å²) in [5.74, 6) is 1.34. The van der Waals surface area contributed by atoms with Crippen molar-refractivity contribution in [1.29, 1.82) is 0 Å². The van der Waals surface area contributed by atoms with Crippen LogP contribution in [-0.2, 0) is 12.3 Å². The van der Waals surface area contributed by atoms with Crippen LogP contribution in [-0.4, -0.2) is 32.7 Å². The third-order valence-corrected chi connectivity index (χ3v) is 6.91. The van der Waals surface area contributed by atoms with Crippen molar-refractivity contribution in [2.45, 2.75) is 24.4 Å². The Labute approximate surface area is 220 Å². The Kier molecular flexibility index (Phi) is 8.01. The fraction of sp³-hybridized carbons (Fsp3) is 0.160. The van der Waals surface area contributed by atoms with Crippen LogP contribution < -0.4 is 10.1 Å². The summed E-state index contributed by atoms with van der Waals surface area (Å²) in [5, 5.41) is 23.4. The number of benzene rings is 3. The summed E-state index contributed by atoms with van der Waals surface area (Å²) in [6.07, 6.45) is 0. The summed E-state index contributed by atoms with van der Waals surface area (Å²) < 4.78 is 8.41. The zero-order valence-electron chi connectivity index (χ0n) is 19.5. The molecule has 3 aromatic carbocycles. The second kappa shape index (κ2) is 11.4. The molecule has 0 bridgehead atoms. The molecule has 0 aliphatic rings. The van der Waals surface area contributed by atoms with Crippen molar-refractivity contribution >= 4 is 39.3 Å². The highest BCUT2D eigenvalue weighted by atomic mass is 79.9. The van der Waals surface area contributed by atoms with E-state index in [-0.39, 0.29) is 17.8 Å². The van der Waals surface area contributed by atoms with Gasteiger partial charge in [0, 0.05) is 27.4 Å². The number of nitrogens with one attached hydrogen (secondary N) is 1. The number of ether oxygens (including phenoxy) is 1. The van der Waals surface area contributed by atoms with Crippen LogP contribution >= 0.6 is 27.7 Å². The lowest BCUT2D eigenvalue weighted by Gasteiger charge is -2.14. The number of methoxy groups -OCH3 is 1. The van der Waals surface area contributed by atoms with Crippen LogP contribution in [0.1, 0.15) is 27.3 Å². The number of aromatic nitrogens is 3. The second-order valence-corrected chi connectivity index (χ2v) is 9.62. The predicted octanol–water partition coefficient (Wildman–Crippen LogP) is 5.48. The van der Waals surface area contributed by atoms with E-state index >= 15 is 0 Å². The average molecular weight is 568 g/mol. The van der Waals surface area contributed by atoms with E-state index in [2.05, 4.69) is 31.4 Å². The van der Waals surface area contributed by atoms with Crippen LogP contribution in [0, 0.1) is 17.0 Å². The smallest absolute Gasteiger partial charge is 0.273 e. The number of hydrogen-bond acceptors (Lipinski definition) is 7. The number of amides is 1. The predicted molar refractivity (Wildman–Crippen MR) is 141 cm³/mol. The first kappa shape index (κ1) is 25.4. The molecule has 9 nitrogen and oxygen atoms in total. The van der Waals surface area contributed by atoms with E-state index in [1.807, 2.05) is 53.1 Å². The number of carbonyl (C=O) groups is 1. The van der Waals surface area contributed by atoms with Crippen LogP contribution in [0.25, 0.3) is 5.69 Å². The molecular weight excluding hydrogens is 546 g/mol. The van der Waals surface area contributed by atoms with Crippen molar-refractivity contribution < 1.29 is 14.5 Å². The fourth-order valence-corrected chi connectivity index (χ4v) is 4.69. The summed E-state index contributed by atoms with van der Waals surface area (Å²) in [7, 11) is 1.59. The number of nitrogens with zero attached hydrogens (tertiary/aromatic N) is 4. The summed E-state index contributed by atoms with van der Waals surface area (Å²) in [6, 6.07) is 19.9. The Morgan fingerprint density at radius 2 is 1.89 bits per heavy atom. The van der Waals surface area contributed by atoms with Gasteiger partial charge in [0.1, 0.15) is 5.75 Å². The van der Waals surface area contributed by atoms with E-state index in [4.69, 9.17) is 4.74 Å². The first-order chi connectivity index (χ1) is 17.4. The van der Waals surface area contributed by atoms with Gasteiger partial charge in [0.05, 0.1) is 24.3 Å². The van der Waals surface area contributed by atoms with Gasteiger partial charge in [-0.05, 0) is 42.8 Å². The van der Waals surface area contributed by atoms with E-state index in [1.54, 1.807) is 26.2 Å². The van der Waals surface area contributed by atoms with Gasteiger partial charge in [0.2, 0.25) is 0 Å². The third kappa shape index (κ3) is 5.74. The molecule has 184 valence electrons. The minimum atomic E-state index is -0.501. The quantitative estimate of drug-likeness (QED) is 0.162. The highest BCUT2D eigenvalue weighted by Crippen LogP contribution is 2.30. The molecule has 1 N–H and O–H groups in total. The fourth-order valence-electron chi connectivity index (χ4n) is 3.50. The maximum absolute atomic E-state index is 12.8. The highest BCUT2D eigenvalue weighted by Gasteiger charge is 2.20. The molecule has 0 saturated heterocycles. The number of thioether (sulfide) groups is 1. The summed E-state index contributed by atoms with van der Waals surface area (Å²) in [6.45, 7) is 1.69. The largest absolute Gasteiger partial charge is 0.495 e. The van der Waals surface area contributed by atoms with E-state index in [0.29, 0.717) is 28.0 Å². The molecule has 1 aromatic heterocycles. The molecule has 0 unspecified atom stereocenters. The lowest BCUT2D eigenvalue weighted by Crippen LogP contribution is -2.25. The third-order valence-electron chi connectivity index (χ3n) is 5.38. The number of nitro groups is 1. The molecule has 0 radical (unpaired) electrons. The van der Waals surface area contributed by atoms with Crippen LogP contribution in [0.5, 0.6) is 5.75 Å². The van der Waals surface area contributed by atoms with Crippen LogP contribution in [0.4, 0.5) is 5.69 Å². The van der Waals surface area contributed by atoms with Crippen molar-refractivity contribution in [1.82, 2.24) is 20.1 Å². The van der Waals surface area contributed by atoms with Gasteiger partial charge in [-0.3, -0.25) is 19.5 Å². The molecule has 1 amide bonds. The molecule has 11 heteroatoms. The van der Waals surface area contributed by atoms with Gasteiger partial charge in [-0.25, -0.2) is 0 Å². The van der Waals surface area contributed by atoms with Gasteiger partial charge in [-0.1, -0.05) is 58.0 Å². The summed E-state index contributed by atoms with van der Waals surface area (Å²) in [4.78, 5) is 23.6. The van der Waals surface area contributed by atoms with Crippen molar-refractivity contribution in [3.63, 3.8) is 0 Å². The Morgan fingerprint density at radius 1 is 1.14 bits per heavy atom. The summed E-state index contributed by atoms with van der Waals surface area (Å²) >= 11 is 4.96. The molecule has 4 rings (SSSR count). The van der Waals surface area contributed by atoms with Crippen LogP contribution in [0.3, 0.4) is 0 Å². The number of carbonyl (C=O) groups excluding carboxylic acids is 1. The van der Waals surface area contributed by atoms with Gasteiger partial charge < -0.3 is 10.1 Å². The maximum atomic E-state index is 12.8. The molecule has 0 fully saturated rings. The van der Waals surface area contributed by atoms with E-state index < -0.39 is 10.8 Å². The SMILES string of the molecule is COc1ccccc1-n1c(CNC(=O)c2ccc(C)c([N+](=O)[O-])c2)nnc1SCc1ccc(Br)cc1. The Hall–Kier alpha value is -3.70. The average Bonchev–Trinajstić information content (AvgIpc) is 3.29. The van der Waals surface area contributed by atoms with E-state index in [0.717, 1.165) is 15.7 Å². The molecule has 4 aromatic rings. The van der Waals surface area contributed by atoms with Gasteiger partial charge in [0.15, 0.2) is 11.0 Å². The summed E-state index contributed by atoms with van der Waals surface area (Å²) in [5.41, 5.74) is 2.43. The van der Waals surface area contributed by atoms with Crippen molar-refractivity contribution in [2.24, 2.45) is 0 Å². The van der Waals surface area contributed by atoms with Crippen molar-refractivity contribution in [3.05, 3.63) is 104 Å². The molecule has 0 aliphatic heterocycles. The second-order valence-electron chi connectivity index (χ2n) is 7.76. The Balaban J connectivity index is 1.60. The lowest BCUT2D eigenvalue weighted by atomic mass is 10.1. The first-order valence-corrected chi connectivity index (χ1v) is 12.6. The minimum absolute atomic E-state index is 0.0599. The number of aryl methyl sites for hydroxylation is 1. The van der Waals surface area contributed by atoms with Crippen molar-refractivity contribution in [2.75, 3.05) is 7.11 Å². The molecule has 36 heavy (non-hydrogen) atoms. The molecule has 0 aliphatic carbocycles. The zero-order chi connectivity index (χ0) is 25.7. The number of para-hydroxylation sites is 2. The monoisotopic (exact) mass is 567 g/mol. The van der Waals surface area contributed by atoms with E-state index in [9.17, 15) is 14.9 Å². The number of nitro benzene ring substituents is 1. The van der Waals surface area contributed by atoms with Gasteiger partial charge in [0.25, 0.3) is 11.6 Å². The maximum Gasteiger partial charge on any atom is 0.273 e. The standard InChI is InChI=1S/C25H22BrN5O4S/c1-16-7-10-18(13-21(16)31(33)34)24(32)27-14-23-28-29-25(36-15-17-8-11-19(26)12-9-17)30(23)20-5-3-4-6-22(20)35-2/h3-13H,14-15H2,1-2H3,(H,27,32). The zero-order valence-corrected chi connectivity index (χ0v) is 21.9.